The van der Waals surface area contributed by atoms with Crippen LogP contribution in [0.15, 0.2) is 0 Å². The summed E-state index contributed by atoms with van der Waals surface area (Å²) in [7, 11) is -2.85. The maximum atomic E-state index is 12.6. The highest BCUT2D eigenvalue weighted by Crippen LogP contribution is 2.25. The van der Waals surface area contributed by atoms with Crippen LogP contribution in [0.5, 0.6) is 0 Å². The average molecular weight is 395 g/mol. The Balaban J connectivity index is 1.26. The molecule has 2 fully saturated rings. The Labute approximate surface area is 161 Å². The molecule has 1 aromatic heterocycles. The zero-order chi connectivity index (χ0) is 18.9. The number of piperidine rings is 1. The summed E-state index contributed by atoms with van der Waals surface area (Å²) in [6.45, 7) is 2.14. The molecule has 7 nitrogen and oxygen atoms in total. The van der Waals surface area contributed by atoms with E-state index in [1.165, 1.54) is 30.5 Å². The van der Waals surface area contributed by atoms with E-state index >= 15 is 0 Å². The number of amides is 1. The Morgan fingerprint density at radius 3 is 2.67 bits per heavy atom. The highest BCUT2D eigenvalue weighted by Gasteiger charge is 2.35. The van der Waals surface area contributed by atoms with Gasteiger partial charge in [-0.2, -0.15) is 5.10 Å². The van der Waals surface area contributed by atoms with Crippen LogP contribution in [0.2, 0.25) is 0 Å². The molecule has 8 heteroatoms. The first-order chi connectivity index (χ1) is 13.0. The average Bonchev–Trinajstić information content (AvgIpc) is 3.13. The maximum absolute atomic E-state index is 12.6. The highest BCUT2D eigenvalue weighted by molar-refractivity contribution is 7.91. The molecule has 1 amide bonds. The molecule has 1 unspecified atom stereocenters. The second-order valence-electron chi connectivity index (χ2n) is 8.27. The zero-order valence-electron chi connectivity index (χ0n) is 15.9. The van der Waals surface area contributed by atoms with Crippen LogP contribution in [0, 0.1) is 5.92 Å². The quantitative estimate of drug-likeness (QED) is 0.748. The molecule has 2 aliphatic heterocycles. The van der Waals surface area contributed by atoms with Gasteiger partial charge in [-0.25, -0.2) is 8.42 Å². The maximum Gasteiger partial charge on any atom is 0.223 e. The lowest BCUT2D eigenvalue weighted by atomic mass is 9.94. The van der Waals surface area contributed by atoms with Crippen LogP contribution in [0.1, 0.15) is 55.5 Å². The van der Waals surface area contributed by atoms with Gasteiger partial charge in [0.1, 0.15) is 0 Å². The zero-order valence-corrected chi connectivity index (χ0v) is 16.7. The van der Waals surface area contributed by atoms with Gasteiger partial charge in [0.25, 0.3) is 0 Å². The molecule has 2 saturated heterocycles. The van der Waals surface area contributed by atoms with E-state index in [-0.39, 0.29) is 23.6 Å². The molecule has 1 atom stereocenters. The van der Waals surface area contributed by atoms with Gasteiger partial charge in [-0.15, -0.1) is 0 Å². The first-order valence-corrected chi connectivity index (χ1v) is 12.1. The SMILES string of the molecule is O=C(NCc1n[nH]c2c1CCCCC2)C1CCN(C2CCS(=O)(=O)C2)CC1. The van der Waals surface area contributed by atoms with Crippen LogP contribution in [0.4, 0.5) is 0 Å². The molecule has 3 heterocycles. The lowest BCUT2D eigenvalue weighted by Gasteiger charge is -2.34. The number of nitrogens with one attached hydrogen (secondary N) is 2. The molecule has 27 heavy (non-hydrogen) atoms. The summed E-state index contributed by atoms with van der Waals surface area (Å²) in [6.07, 6.45) is 8.14. The summed E-state index contributed by atoms with van der Waals surface area (Å²) in [4.78, 5) is 14.9. The molecule has 1 aromatic rings. The molecular formula is C19H30N4O3S. The normalized spacial score (nSPS) is 26.4. The first kappa shape index (κ1) is 18.9. The number of aromatic nitrogens is 2. The molecule has 0 saturated carbocycles. The number of hydrogen-bond donors (Lipinski definition) is 2. The molecule has 150 valence electrons. The van der Waals surface area contributed by atoms with Crippen LogP contribution in [0.3, 0.4) is 0 Å². The summed E-state index contributed by atoms with van der Waals surface area (Å²) < 4.78 is 23.4. The molecule has 0 spiro atoms. The third-order valence-corrected chi connectivity index (χ3v) is 8.20. The summed E-state index contributed by atoms with van der Waals surface area (Å²) >= 11 is 0. The first-order valence-electron chi connectivity index (χ1n) is 10.3. The standard InChI is InChI=1S/C19H30N4O3S/c24-19(20-12-18-16-4-2-1-3-5-17(16)21-22-18)14-6-9-23(10-7-14)15-8-11-27(25,26)13-15/h14-15H,1-13H2,(H,20,24)(H,21,22). The number of aromatic amines is 1. The number of carbonyl (C=O) groups is 1. The van der Waals surface area contributed by atoms with Crippen molar-refractivity contribution in [3.8, 4) is 0 Å². The molecule has 0 radical (unpaired) electrons. The molecule has 0 bridgehead atoms. The lowest BCUT2D eigenvalue weighted by Crippen LogP contribution is -2.45. The van der Waals surface area contributed by atoms with Gasteiger partial charge in [0.15, 0.2) is 9.84 Å². The number of fused-ring (bicyclic) bond motifs is 1. The minimum atomic E-state index is -2.85. The second kappa shape index (κ2) is 7.91. The summed E-state index contributed by atoms with van der Waals surface area (Å²) in [5.74, 6) is 0.732. The topological polar surface area (TPSA) is 95.2 Å². The van der Waals surface area contributed by atoms with Crippen LogP contribution in [-0.4, -0.2) is 60.1 Å². The van der Waals surface area contributed by atoms with Crippen molar-refractivity contribution in [3.05, 3.63) is 17.0 Å². The number of carbonyl (C=O) groups excluding carboxylic acids is 1. The number of likely N-dealkylation sites (tertiary alicyclic amines) is 1. The third kappa shape index (κ3) is 4.37. The van der Waals surface area contributed by atoms with Gasteiger partial charge < -0.3 is 5.32 Å². The fourth-order valence-corrected chi connectivity index (χ4v) is 6.54. The smallest absolute Gasteiger partial charge is 0.223 e. The highest BCUT2D eigenvalue weighted by atomic mass is 32.2. The van der Waals surface area contributed by atoms with Crippen LogP contribution in [-0.2, 0) is 34.0 Å². The third-order valence-electron chi connectivity index (χ3n) is 6.45. The molecular weight excluding hydrogens is 364 g/mol. The van der Waals surface area contributed by atoms with Crippen molar-refractivity contribution in [2.24, 2.45) is 5.92 Å². The van der Waals surface area contributed by atoms with E-state index in [2.05, 4.69) is 20.4 Å². The van der Waals surface area contributed by atoms with E-state index in [1.54, 1.807) is 0 Å². The number of H-pyrrole nitrogens is 1. The van der Waals surface area contributed by atoms with Gasteiger partial charge in [-0.05, 0) is 63.6 Å². The van der Waals surface area contributed by atoms with Gasteiger partial charge in [0, 0.05) is 17.7 Å². The Morgan fingerprint density at radius 1 is 1.15 bits per heavy atom. The van der Waals surface area contributed by atoms with Gasteiger partial charge in [-0.1, -0.05) is 6.42 Å². The van der Waals surface area contributed by atoms with Crippen LogP contribution >= 0.6 is 0 Å². The fourth-order valence-electron chi connectivity index (χ4n) is 4.78. The molecule has 0 aromatic carbocycles. The predicted molar refractivity (Wildman–Crippen MR) is 103 cm³/mol. The Morgan fingerprint density at radius 2 is 1.93 bits per heavy atom. The summed E-state index contributed by atoms with van der Waals surface area (Å²) in [6, 6.07) is 0.151. The van der Waals surface area contributed by atoms with Crippen molar-refractivity contribution >= 4 is 15.7 Å². The fraction of sp³-hybridized carbons (Fsp3) is 0.789. The summed E-state index contributed by atoms with van der Waals surface area (Å²) in [5, 5.41) is 10.7. The van der Waals surface area contributed by atoms with E-state index < -0.39 is 9.84 Å². The number of sulfone groups is 1. The van der Waals surface area contributed by atoms with Gasteiger partial charge in [-0.3, -0.25) is 14.8 Å². The molecule has 1 aliphatic carbocycles. The van der Waals surface area contributed by atoms with Crippen LogP contribution in [0.25, 0.3) is 0 Å². The van der Waals surface area contributed by atoms with E-state index in [4.69, 9.17) is 0 Å². The molecule has 3 aliphatic rings. The predicted octanol–water partition coefficient (Wildman–Crippen LogP) is 1.19. The largest absolute Gasteiger partial charge is 0.350 e. The molecule has 2 N–H and O–H groups in total. The Kier molecular flexibility index (Phi) is 5.55. The van der Waals surface area contributed by atoms with Crippen molar-refractivity contribution in [1.29, 1.82) is 0 Å². The number of rotatable bonds is 4. The second-order valence-corrected chi connectivity index (χ2v) is 10.5. The van der Waals surface area contributed by atoms with E-state index in [1.807, 2.05) is 0 Å². The monoisotopic (exact) mass is 394 g/mol. The Bertz CT molecular complexity index is 781. The van der Waals surface area contributed by atoms with Gasteiger partial charge in [0.2, 0.25) is 5.91 Å². The minimum Gasteiger partial charge on any atom is -0.350 e. The van der Waals surface area contributed by atoms with Crippen molar-refractivity contribution in [3.63, 3.8) is 0 Å². The molecule has 4 rings (SSSR count). The van der Waals surface area contributed by atoms with Crippen molar-refractivity contribution in [1.82, 2.24) is 20.4 Å². The van der Waals surface area contributed by atoms with Crippen molar-refractivity contribution < 1.29 is 13.2 Å². The number of aryl methyl sites for hydroxylation is 1. The van der Waals surface area contributed by atoms with Crippen molar-refractivity contribution in [2.45, 2.75) is 64.0 Å². The van der Waals surface area contributed by atoms with E-state index in [0.29, 0.717) is 12.3 Å². The number of hydrogen-bond acceptors (Lipinski definition) is 5. The minimum absolute atomic E-state index is 0.0248. The van der Waals surface area contributed by atoms with Gasteiger partial charge >= 0.3 is 0 Å². The van der Waals surface area contributed by atoms with E-state index in [9.17, 15) is 13.2 Å². The van der Waals surface area contributed by atoms with Gasteiger partial charge in [0.05, 0.1) is 23.7 Å². The lowest BCUT2D eigenvalue weighted by molar-refractivity contribution is -0.126. The van der Waals surface area contributed by atoms with Crippen LogP contribution < -0.4 is 5.32 Å². The number of nitrogens with zero attached hydrogens (tertiary/aromatic N) is 2. The summed E-state index contributed by atoms with van der Waals surface area (Å²) in [5.41, 5.74) is 3.55. The Hall–Kier alpha value is -1.41. The van der Waals surface area contributed by atoms with Crippen molar-refractivity contribution in [2.75, 3.05) is 24.6 Å². The van der Waals surface area contributed by atoms with E-state index in [0.717, 1.165) is 50.9 Å².